The molecule has 0 N–H and O–H groups in total. The second-order valence-electron chi connectivity index (χ2n) is 5.92. The Labute approximate surface area is 143 Å². The molecular weight excluding hydrogens is 326 g/mol. The molecule has 1 aliphatic rings. The van der Waals surface area contributed by atoms with Gasteiger partial charge in [0.05, 0.1) is 29.0 Å². The number of rotatable bonds is 5. The summed E-state index contributed by atoms with van der Waals surface area (Å²) in [5.41, 5.74) is 6.12. The van der Waals surface area contributed by atoms with Gasteiger partial charge in [0.25, 0.3) is 0 Å². The lowest BCUT2D eigenvalue weighted by Crippen LogP contribution is -2.33. The van der Waals surface area contributed by atoms with Gasteiger partial charge in [0.1, 0.15) is 5.82 Å². The molecule has 23 heavy (non-hydrogen) atoms. The average Bonchev–Trinajstić information content (AvgIpc) is 3.31. The monoisotopic (exact) mass is 345 g/mol. The first-order valence-corrected chi connectivity index (χ1v) is 9.74. The van der Waals surface area contributed by atoms with Crippen molar-refractivity contribution in [1.29, 1.82) is 0 Å². The smallest absolute Gasteiger partial charge is 0.112 e. The molecule has 1 saturated heterocycles. The summed E-state index contributed by atoms with van der Waals surface area (Å²) < 4.78 is 2.26. The van der Waals surface area contributed by atoms with Crippen molar-refractivity contribution in [1.82, 2.24) is 24.4 Å². The van der Waals surface area contributed by atoms with E-state index in [1.807, 2.05) is 17.2 Å². The van der Waals surface area contributed by atoms with E-state index in [9.17, 15) is 0 Å². The topological polar surface area (TPSA) is 46.8 Å². The van der Waals surface area contributed by atoms with E-state index < -0.39 is 0 Å². The predicted octanol–water partition coefficient (Wildman–Crippen LogP) is 3.22. The van der Waals surface area contributed by atoms with Crippen molar-refractivity contribution in [2.75, 3.05) is 13.1 Å². The van der Waals surface area contributed by atoms with Crippen LogP contribution in [0.3, 0.4) is 0 Å². The lowest BCUT2D eigenvalue weighted by molar-refractivity contribution is 0.198. The molecule has 7 heteroatoms. The average molecular weight is 345 g/mol. The second kappa shape index (κ2) is 6.90. The third-order valence-corrected chi connectivity index (χ3v) is 5.66. The fourth-order valence-electron chi connectivity index (χ4n) is 3.20. The van der Waals surface area contributed by atoms with Crippen LogP contribution < -0.4 is 0 Å². The number of thiazole rings is 2. The zero-order valence-electron chi connectivity index (χ0n) is 12.8. The van der Waals surface area contributed by atoms with E-state index in [4.69, 9.17) is 0 Å². The van der Waals surface area contributed by atoms with Crippen LogP contribution in [-0.2, 0) is 13.1 Å². The Hall–Kier alpha value is -1.57. The zero-order chi connectivity index (χ0) is 15.5. The van der Waals surface area contributed by atoms with Crippen LogP contribution in [0.15, 0.2) is 34.2 Å². The normalized spacial score (nSPS) is 16.9. The van der Waals surface area contributed by atoms with Crippen LogP contribution in [0.1, 0.15) is 36.0 Å². The Balaban J connectivity index is 1.38. The molecule has 0 radical (unpaired) electrons. The van der Waals surface area contributed by atoms with Gasteiger partial charge in [-0.15, -0.1) is 22.7 Å². The van der Waals surface area contributed by atoms with Crippen LogP contribution in [0.4, 0.5) is 0 Å². The van der Waals surface area contributed by atoms with Gasteiger partial charge < -0.3 is 4.57 Å². The highest BCUT2D eigenvalue weighted by atomic mass is 32.1. The van der Waals surface area contributed by atoms with Crippen molar-refractivity contribution in [2.24, 2.45) is 0 Å². The third kappa shape index (κ3) is 3.52. The standard InChI is InChI=1S/C16H19N5S2/c1-4-20(7-14-9-22-11-18-14)5-2-13(1)16-17-3-6-21(16)8-15-10-23-12-19-15/h3,6,9-13H,1-2,4-5,7-8H2. The van der Waals surface area contributed by atoms with Gasteiger partial charge in [0.2, 0.25) is 0 Å². The van der Waals surface area contributed by atoms with E-state index >= 15 is 0 Å². The first kappa shape index (κ1) is 15.0. The third-order valence-electron chi connectivity index (χ3n) is 4.39. The van der Waals surface area contributed by atoms with Crippen LogP contribution in [0.2, 0.25) is 0 Å². The minimum atomic E-state index is 0.551. The van der Waals surface area contributed by atoms with Gasteiger partial charge in [-0.3, -0.25) is 4.90 Å². The summed E-state index contributed by atoms with van der Waals surface area (Å²) in [5.74, 6) is 1.77. The molecular formula is C16H19N5S2. The number of piperidine rings is 1. The molecule has 0 atom stereocenters. The van der Waals surface area contributed by atoms with Crippen molar-refractivity contribution in [3.63, 3.8) is 0 Å². The van der Waals surface area contributed by atoms with Gasteiger partial charge in [-0.2, -0.15) is 0 Å². The van der Waals surface area contributed by atoms with E-state index in [1.165, 1.54) is 11.5 Å². The van der Waals surface area contributed by atoms with E-state index in [2.05, 4.69) is 41.4 Å². The fraction of sp³-hybridized carbons (Fsp3) is 0.438. The fourth-order valence-corrected chi connectivity index (χ4v) is 4.30. The minimum absolute atomic E-state index is 0.551. The number of likely N-dealkylation sites (tertiary alicyclic amines) is 1. The maximum Gasteiger partial charge on any atom is 0.112 e. The molecule has 4 rings (SSSR count). The Morgan fingerprint density at radius 2 is 1.65 bits per heavy atom. The molecule has 1 aliphatic heterocycles. The van der Waals surface area contributed by atoms with E-state index in [-0.39, 0.29) is 0 Å². The predicted molar refractivity (Wildman–Crippen MR) is 92.8 cm³/mol. The summed E-state index contributed by atoms with van der Waals surface area (Å²) in [6.07, 6.45) is 6.33. The molecule has 3 aromatic rings. The van der Waals surface area contributed by atoms with Crippen molar-refractivity contribution < 1.29 is 0 Å². The molecule has 0 unspecified atom stereocenters. The Morgan fingerprint density at radius 1 is 0.957 bits per heavy atom. The maximum atomic E-state index is 4.63. The number of hydrogen-bond acceptors (Lipinski definition) is 6. The van der Waals surface area contributed by atoms with Crippen LogP contribution in [0.5, 0.6) is 0 Å². The summed E-state index contributed by atoms with van der Waals surface area (Å²) in [5, 5.41) is 4.26. The van der Waals surface area contributed by atoms with Gasteiger partial charge >= 0.3 is 0 Å². The van der Waals surface area contributed by atoms with Gasteiger partial charge in [0, 0.05) is 35.6 Å². The lowest BCUT2D eigenvalue weighted by Gasteiger charge is -2.31. The highest BCUT2D eigenvalue weighted by Gasteiger charge is 2.24. The Kier molecular flexibility index (Phi) is 4.50. The SMILES string of the molecule is c1cn(Cc2cscn2)c(C2CCN(Cc3cscn3)CC2)n1. The van der Waals surface area contributed by atoms with Crippen LogP contribution in [0.25, 0.3) is 0 Å². The minimum Gasteiger partial charge on any atom is -0.329 e. The highest BCUT2D eigenvalue weighted by molar-refractivity contribution is 7.07. The van der Waals surface area contributed by atoms with Crippen LogP contribution in [-0.4, -0.2) is 37.5 Å². The highest BCUT2D eigenvalue weighted by Crippen LogP contribution is 2.28. The van der Waals surface area contributed by atoms with Crippen molar-refractivity contribution >= 4 is 22.7 Å². The van der Waals surface area contributed by atoms with Crippen molar-refractivity contribution in [3.05, 3.63) is 51.4 Å². The molecule has 0 spiro atoms. The quantitative estimate of drug-likeness (QED) is 0.712. The summed E-state index contributed by atoms with van der Waals surface area (Å²) in [6, 6.07) is 0. The number of aromatic nitrogens is 4. The van der Waals surface area contributed by atoms with E-state index in [1.54, 1.807) is 22.7 Å². The Bertz CT molecular complexity index is 712. The number of hydrogen-bond donors (Lipinski definition) is 0. The Morgan fingerprint density at radius 3 is 2.30 bits per heavy atom. The molecule has 0 amide bonds. The molecule has 120 valence electrons. The summed E-state index contributed by atoms with van der Waals surface area (Å²) in [4.78, 5) is 15.9. The van der Waals surface area contributed by atoms with Crippen LogP contribution in [0, 0.1) is 0 Å². The first-order chi connectivity index (χ1) is 11.4. The largest absolute Gasteiger partial charge is 0.329 e. The molecule has 3 aromatic heterocycles. The molecule has 0 saturated carbocycles. The number of imidazole rings is 1. The van der Waals surface area contributed by atoms with Crippen molar-refractivity contribution in [3.8, 4) is 0 Å². The van der Waals surface area contributed by atoms with Gasteiger partial charge in [-0.25, -0.2) is 15.0 Å². The molecule has 4 heterocycles. The molecule has 5 nitrogen and oxygen atoms in total. The summed E-state index contributed by atoms with van der Waals surface area (Å²) in [6.45, 7) is 4.04. The first-order valence-electron chi connectivity index (χ1n) is 7.86. The number of nitrogens with zero attached hydrogens (tertiary/aromatic N) is 5. The molecule has 0 aromatic carbocycles. The van der Waals surface area contributed by atoms with E-state index in [0.717, 1.165) is 44.7 Å². The molecule has 0 bridgehead atoms. The lowest BCUT2D eigenvalue weighted by atomic mass is 9.95. The maximum absolute atomic E-state index is 4.63. The van der Waals surface area contributed by atoms with Gasteiger partial charge in [-0.05, 0) is 25.9 Å². The summed E-state index contributed by atoms with van der Waals surface area (Å²) in [7, 11) is 0. The molecule has 0 aliphatic carbocycles. The molecule has 1 fully saturated rings. The van der Waals surface area contributed by atoms with E-state index in [0.29, 0.717) is 5.92 Å². The van der Waals surface area contributed by atoms with Gasteiger partial charge in [-0.1, -0.05) is 0 Å². The second-order valence-corrected chi connectivity index (χ2v) is 7.36. The van der Waals surface area contributed by atoms with Gasteiger partial charge in [0.15, 0.2) is 0 Å². The zero-order valence-corrected chi connectivity index (χ0v) is 14.5. The van der Waals surface area contributed by atoms with Crippen molar-refractivity contribution in [2.45, 2.75) is 31.8 Å². The summed E-state index contributed by atoms with van der Waals surface area (Å²) >= 11 is 3.32. The van der Waals surface area contributed by atoms with Crippen LogP contribution >= 0.6 is 22.7 Å².